The topological polar surface area (TPSA) is 0 Å². The second-order valence-corrected chi connectivity index (χ2v) is 15.9. The molecular weight excluding hydrogens is 372 g/mol. The summed E-state index contributed by atoms with van der Waals surface area (Å²) in [6, 6.07) is 0. The third kappa shape index (κ3) is 3500. The molecule has 0 aromatic rings. The molecule has 0 unspecified atom stereocenters. The normalized spacial score (nSPS) is 15.6. The molecule has 0 fully saturated rings. The Hall–Kier alpha value is 0.836. The maximum atomic E-state index is 9.88. The van der Waals surface area contributed by atoms with E-state index in [9.17, 15) is 24.6 Å². The molecule has 0 aliphatic heterocycles. The zero-order chi connectivity index (χ0) is 13.6. The first-order chi connectivity index (χ1) is 5.91. The Bertz CT molecular complexity index is 136. The summed E-state index contributed by atoms with van der Waals surface area (Å²) in [4.78, 5) is 0. The number of halogens is 6. The first-order valence-corrected chi connectivity index (χ1v) is 16.1. The van der Waals surface area contributed by atoms with Crippen molar-refractivity contribution in [1.29, 1.82) is 0 Å². The van der Waals surface area contributed by atoms with E-state index in [2.05, 4.69) is 34.9 Å². The van der Waals surface area contributed by atoms with Gasteiger partial charge in [-0.1, -0.05) is 0 Å². The number of hydrogen-bond donors (Lipinski definition) is 0. The van der Waals surface area contributed by atoms with Crippen LogP contribution in [0.5, 0.6) is 0 Å². The summed E-state index contributed by atoms with van der Waals surface area (Å²) in [7, 11) is -10.8. The van der Waals surface area contributed by atoms with Gasteiger partial charge in [0.25, 0.3) is 0 Å². The van der Waals surface area contributed by atoms with Gasteiger partial charge in [0.15, 0.2) is 0 Å². The molecule has 0 aliphatic carbocycles. The molecule has 15 heavy (non-hydrogen) atoms. The molecule has 0 atom stereocenters. The van der Waals surface area contributed by atoms with Crippen molar-refractivity contribution in [3.8, 4) is 0 Å². The molecule has 0 aliphatic rings. The summed E-state index contributed by atoms with van der Waals surface area (Å²) in [6.07, 6.45) is 0. The van der Waals surface area contributed by atoms with Gasteiger partial charge in [-0.3, -0.25) is 0 Å². The van der Waals surface area contributed by atoms with E-state index in [1.807, 2.05) is 0 Å². The minimum absolute atomic E-state index is 0.0417. The molecule has 0 bridgehead atoms. The molecule has 0 N–H and O–H groups in total. The quantitative estimate of drug-likeness (QED) is 0.314. The summed E-state index contributed by atoms with van der Waals surface area (Å²) < 4.78 is 59.3. The molecule has 0 heterocycles. The van der Waals surface area contributed by atoms with Crippen molar-refractivity contribution in [3.63, 3.8) is 0 Å². The van der Waals surface area contributed by atoms with E-state index in [-0.39, 0.29) is 27.8 Å². The van der Waals surface area contributed by atoms with Crippen LogP contribution >= 0.6 is 0 Å². The predicted octanol–water partition coefficient (Wildman–Crippen LogP) is 4.88. The van der Waals surface area contributed by atoms with Gasteiger partial charge in [-0.05, 0) is 0 Å². The molecule has 0 nitrogen and oxygen atoms in total. The van der Waals surface area contributed by atoms with E-state index < -0.39 is 8.63 Å². The van der Waals surface area contributed by atoms with Gasteiger partial charge < -0.3 is 0 Å². The van der Waals surface area contributed by atoms with E-state index in [1.54, 1.807) is 0 Å². The second kappa shape index (κ2) is 5.96. The fraction of sp³-hybridized carbons (Fsp3) is 1.00. The van der Waals surface area contributed by atoms with Gasteiger partial charge in [-0.25, -0.2) is 0 Å². The fourth-order valence-corrected chi connectivity index (χ4v) is 0. The molecule has 0 saturated carbocycles. The van der Waals surface area contributed by atoms with Crippen LogP contribution in [-0.2, 0) is 0 Å². The standard InChI is InChI=1S/2C3H9Se.F6Si/c2*1-4(2)3;1-7(2,3,4,5)6/h2*1-3H3;/q2*+1;-2. The third-order valence-corrected chi connectivity index (χ3v) is 0. The van der Waals surface area contributed by atoms with Crippen LogP contribution in [0, 0.1) is 0 Å². The van der Waals surface area contributed by atoms with Crippen LogP contribution < -0.4 is 0 Å². The van der Waals surface area contributed by atoms with Crippen LogP contribution in [0.4, 0.5) is 24.6 Å². The number of hydrogen-bond acceptors (Lipinski definition) is 0. The molecular formula is C6H18F6Se2Si. The van der Waals surface area contributed by atoms with E-state index in [1.165, 1.54) is 0 Å². The Morgan fingerprint density at radius 1 is 0.533 bits per heavy atom. The van der Waals surface area contributed by atoms with Crippen LogP contribution in [0.15, 0.2) is 0 Å². The molecule has 0 aromatic heterocycles. The maximum absolute atomic E-state index is 10.8. The van der Waals surface area contributed by atoms with E-state index in [0.29, 0.717) is 0 Å². The Morgan fingerprint density at radius 3 is 0.533 bits per heavy atom. The first kappa shape index (κ1) is 21.2. The van der Waals surface area contributed by atoms with E-state index in [4.69, 9.17) is 0 Å². The van der Waals surface area contributed by atoms with Gasteiger partial charge >= 0.3 is 96.0 Å². The van der Waals surface area contributed by atoms with Gasteiger partial charge in [0, 0.05) is 0 Å². The van der Waals surface area contributed by atoms with Crippen LogP contribution in [0.2, 0.25) is 34.9 Å². The number of rotatable bonds is 0. The monoisotopic (exact) mass is 392 g/mol. The van der Waals surface area contributed by atoms with Crippen LogP contribution in [0.25, 0.3) is 0 Å². The minimum atomic E-state index is -10.8. The van der Waals surface area contributed by atoms with Crippen LogP contribution in [0.3, 0.4) is 0 Å². The van der Waals surface area contributed by atoms with Gasteiger partial charge in [0.05, 0.1) is 0 Å². The van der Waals surface area contributed by atoms with Crippen molar-refractivity contribution in [2.75, 3.05) is 0 Å². The zero-order valence-corrected chi connectivity index (χ0v) is 14.0. The average molecular weight is 390 g/mol. The summed E-state index contributed by atoms with van der Waals surface area (Å²) in [5.74, 6) is 13.7. The fourth-order valence-electron chi connectivity index (χ4n) is 0. The second-order valence-electron chi connectivity index (χ2n) is 3.52. The van der Waals surface area contributed by atoms with E-state index >= 15 is 0 Å². The predicted molar refractivity (Wildman–Crippen MR) is 59.1 cm³/mol. The Morgan fingerprint density at radius 2 is 0.533 bits per heavy atom. The van der Waals surface area contributed by atoms with Gasteiger partial charge in [0.1, 0.15) is 0 Å². The van der Waals surface area contributed by atoms with Gasteiger partial charge in [0.2, 0.25) is 0 Å². The Labute approximate surface area is 96.1 Å². The molecule has 0 rings (SSSR count). The van der Waals surface area contributed by atoms with Crippen LogP contribution in [0.1, 0.15) is 0 Å². The van der Waals surface area contributed by atoms with Crippen molar-refractivity contribution >= 4 is 36.4 Å². The van der Waals surface area contributed by atoms with Gasteiger partial charge in [-0.2, -0.15) is 0 Å². The summed E-state index contributed by atoms with van der Waals surface area (Å²) in [5, 5.41) is 0. The Balaban J connectivity index is -0.000000155. The first-order valence-electron chi connectivity index (χ1n) is 3.58. The summed E-state index contributed by atoms with van der Waals surface area (Å²) in [5.41, 5.74) is 0. The molecule has 0 amide bonds. The third-order valence-electron chi connectivity index (χ3n) is 0. The summed E-state index contributed by atoms with van der Waals surface area (Å²) in [6.45, 7) is 0. The SMILES string of the molecule is C[Se+](C)C.C[Se+](C)C.F[Si-2](F)(F)(F)(F)F. The van der Waals surface area contributed by atoms with Crippen molar-refractivity contribution in [3.05, 3.63) is 0 Å². The zero-order valence-electron chi connectivity index (χ0n) is 9.58. The molecule has 100 valence electrons. The van der Waals surface area contributed by atoms with Crippen molar-refractivity contribution in [2.24, 2.45) is 0 Å². The molecule has 0 radical (unpaired) electrons. The molecule has 0 spiro atoms. The van der Waals surface area contributed by atoms with Crippen molar-refractivity contribution in [1.82, 2.24) is 0 Å². The van der Waals surface area contributed by atoms with Crippen molar-refractivity contribution in [2.45, 2.75) is 34.9 Å². The van der Waals surface area contributed by atoms with Gasteiger partial charge in [-0.15, -0.1) is 0 Å². The van der Waals surface area contributed by atoms with Crippen molar-refractivity contribution < 1.29 is 24.6 Å². The Kier molecular flexibility index (Phi) is 8.40. The van der Waals surface area contributed by atoms with Crippen LogP contribution in [-0.4, -0.2) is 36.4 Å². The molecule has 0 saturated heterocycles. The molecule has 9 heteroatoms. The average Bonchev–Trinajstić information content (AvgIpc) is 1.44. The molecule has 0 aromatic carbocycles. The summed E-state index contributed by atoms with van der Waals surface area (Å²) >= 11 is -0.0833. The van der Waals surface area contributed by atoms with E-state index in [0.717, 1.165) is 0 Å².